The SMILES string of the molecule is Cc1nn(-c2cc(N3CCCCC3)ncn2)c(C)c1CCC(=O)Nc1ccc(Br)cc1. The van der Waals surface area contributed by atoms with Gasteiger partial charge in [-0.05, 0) is 69.4 Å². The molecular formula is C23H27BrN6O. The van der Waals surface area contributed by atoms with Crippen molar-refractivity contribution in [2.24, 2.45) is 0 Å². The Kier molecular flexibility index (Phi) is 6.65. The number of aromatic nitrogens is 4. The fourth-order valence-corrected chi connectivity index (χ4v) is 4.27. The molecule has 0 atom stereocenters. The summed E-state index contributed by atoms with van der Waals surface area (Å²) >= 11 is 3.40. The zero-order valence-corrected chi connectivity index (χ0v) is 19.5. The molecule has 1 fully saturated rings. The number of rotatable bonds is 6. The molecule has 3 heterocycles. The van der Waals surface area contributed by atoms with Gasteiger partial charge in [0.25, 0.3) is 0 Å². The van der Waals surface area contributed by atoms with Crippen LogP contribution in [0.2, 0.25) is 0 Å². The predicted molar refractivity (Wildman–Crippen MR) is 126 cm³/mol. The highest BCUT2D eigenvalue weighted by Crippen LogP contribution is 2.22. The average Bonchev–Trinajstić information content (AvgIpc) is 3.08. The highest BCUT2D eigenvalue weighted by atomic mass is 79.9. The molecule has 0 unspecified atom stereocenters. The highest BCUT2D eigenvalue weighted by molar-refractivity contribution is 9.10. The smallest absolute Gasteiger partial charge is 0.224 e. The summed E-state index contributed by atoms with van der Waals surface area (Å²) in [5, 5.41) is 7.66. The largest absolute Gasteiger partial charge is 0.356 e. The van der Waals surface area contributed by atoms with E-state index in [-0.39, 0.29) is 5.91 Å². The summed E-state index contributed by atoms with van der Waals surface area (Å²) in [6, 6.07) is 9.59. The number of piperidine rings is 1. The van der Waals surface area contributed by atoms with E-state index >= 15 is 0 Å². The first-order chi connectivity index (χ1) is 15.0. The molecule has 7 nitrogen and oxygen atoms in total. The maximum atomic E-state index is 12.4. The van der Waals surface area contributed by atoms with Gasteiger partial charge >= 0.3 is 0 Å². The fourth-order valence-electron chi connectivity index (χ4n) is 4.00. The lowest BCUT2D eigenvalue weighted by Gasteiger charge is -2.27. The van der Waals surface area contributed by atoms with Crippen LogP contribution in [0.1, 0.15) is 42.6 Å². The van der Waals surface area contributed by atoms with Crippen LogP contribution in [0.4, 0.5) is 11.5 Å². The summed E-state index contributed by atoms with van der Waals surface area (Å²) in [7, 11) is 0. The van der Waals surface area contributed by atoms with Crippen molar-refractivity contribution in [1.29, 1.82) is 0 Å². The molecule has 3 aromatic rings. The van der Waals surface area contributed by atoms with Crippen LogP contribution in [0, 0.1) is 13.8 Å². The first-order valence-corrected chi connectivity index (χ1v) is 11.5. The van der Waals surface area contributed by atoms with Crippen molar-refractivity contribution in [3.05, 3.63) is 58.1 Å². The predicted octanol–water partition coefficient (Wildman–Crippen LogP) is 4.60. The van der Waals surface area contributed by atoms with Crippen molar-refractivity contribution >= 4 is 33.3 Å². The van der Waals surface area contributed by atoms with E-state index in [9.17, 15) is 4.79 Å². The number of carbonyl (C=O) groups is 1. The lowest BCUT2D eigenvalue weighted by Crippen LogP contribution is -2.30. The number of hydrogen-bond acceptors (Lipinski definition) is 5. The number of amides is 1. The van der Waals surface area contributed by atoms with E-state index in [0.717, 1.165) is 51.8 Å². The van der Waals surface area contributed by atoms with Crippen molar-refractivity contribution < 1.29 is 4.79 Å². The maximum absolute atomic E-state index is 12.4. The molecular weight excluding hydrogens is 456 g/mol. The number of nitrogens with zero attached hydrogens (tertiary/aromatic N) is 5. The Hall–Kier alpha value is -2.74. The van der Waals surface area contributed by atoms with E-state index in [2.05, 4.69) is 36.1 Å². The number of carbonyl (C=O) groups excluding carboxylic acids is 1. The monoisotopic (exact) mass is 482 g/mol. The van der Waals surface area contributed by atoms with Gasteiger partial charge in [-0.1, -0.05) is 15.9 Å². The average molecular weight is 483 g/mol. The van der Waals surface area contributed by atoms with Gasteiger partial charge in [0.1, 0.15) is 12.1 Å². The second-order valence-corrected chi connectivity index (χ2v) is 8.81. The standard InChI is InChI=1S/C23H27BrN6O/c1-16-20(10-11-23(31)27-19-8-6-18(24)7-9-19)17(2)30(28-16)22-14-21(25-15-26-22)29-12-4-3-5-13-29/h6-9,14-15H,3-5,10-13H2,1-2H3,(H,27,31). The molecule has 0 spiro atoms. The van der Waals surface area contributed by atoms with E-state index in [0.29, 0.717) is 12.8 Å². The van der Waals surface area contributed by atoms with Gasteiger partial charge in [-0.3, -0.25) is 4.79 Å². The van der Waals surface area contributed by atoms with Gasteiger partial charge in [-0.25, -0.2) is 14.6 Å². The van der Waals surface area contributed by atoms with Crippen LogP contribution < -0.4 is 10.2 Å². The number of hydrogen-bond donors (Lipinski definition) is 1. The molecule has 1 N–H and O–H groups in total. The van der Waals surface area contributed by atoms with E-state index in [1.165, 1.54) is 19.3 Å². The van der Waals surface area contributed by atoms with Crippen molar-refractivity contribution in [2.45, 2.75) is 46.0 Å². The molecule has 8 heteroatoms. The zero-order valence-electron chi connectivity index (χ0n) is 17.9. The van der Waals surface area contributed by atoms with Gasteiger partial charge < -0.3 is 10.2 Å². The molecule has 4 rings (SSSR count). The van der Waals surface area contributed by atoms with Crippen molar-refractivity contribution in [3.8, 4) is 5.82 Å². The second kappa shape index (κ2) is 9.60. The first-order valence-electron chi connectivity index (χ1n) is 10.7. The normalized spacial score (nSPS) is 14.0. The number of nitrogens with one attached hydrogen (secondary N) is 1. The van der Waals surface area contributed by atoms with E-state index < -0.39 is 0 Å². The lowest BCUT2D eigenvalue weighted by atomic mass is 10.1. The van der Waals surface area contributed by atoms with Crippen molar-refractivity contribution in [3.63, 3.8) is 0 Å². The summed E-state index contributed by atoms with van der Waals surface area (Å²) in [5.74, 6) is 1.71. The van der Waals surface area contributed by atoms with Crippen LogP contribution >= 0.6 is 15.9 Å². The Bertz CT molecular complexity index is 1060. The molecule has 1 aliphatic heterocycles. The molecule has 1 aromatic carbocycles. The van der Waals surface area contributed by atoms with E-state index in [1.54, 1.807) is 6.33 Å². The minimum Gasteiger partial charge on any atom is -0.356 e. The minimum absolute atomic E-state index is 0.0108. The van der Waals surface area contributed by atoms with Crippen LogP contribution in [-0.4, -0.2) is 38.7 Å². The highest BCUT2D eigenvalue weighted by Gasteiger charge is 2.17. The number of aryl methyl sites for hydroxylation is 1. The molecule has 0 radical (unpaired) electrons. The van der Waals surface area contributed by atoms with Crippen LogP contribution in [0.15, 0.2) is 41.1 Å². The molecule has 0 saturated carbocycles. The number of anilines is 2. The Morgan fingerprint density at radius 1 is 1.06 bits per heavy atom. The van der Waals surface area contributed by atoms with Gasteiger partial charge in [-0.15, -0.1) is 0 Å². The molecule has 1 aliphatic rings. The molecule has 0 bridgehead atoms. The molecule has 2 aromatic heterocycles. The van der Waals surface area contributed by atoms with E-state index in [4.69, 9.17) is 5.10 Å². The molecule has 162 valence electrons. The van der Waals surface area contributed by atoms with Gasteiger partial charge in [0.15, 0.2) is 5.82 Å². The Balaban J connectivity index is 1.46. The number of halogens is 1. The van der Waals surface area contributed by atoms with Gasteiger partial charge in [0, 0.05) is 41.4 Å². The van der Waals surface area contributed by atoms with Crippen LogP contribution in [0.3, 0.4) is 0 Å². The van der Waals surface area contributed by atoms with E-state index in [1.807, 2.05) is 48.9 Å². The topological polar surface area (TPSA) is 75.9 Å². The zero-order chi connectivity index (χ0) is 21.8. The van der Waals surface area contributed by atoms with Crippen molar-refractivity contribution in [2.75, 3.05) is 23.3 Å². The third-order valence-electron chi connectivity index (χ3n) is 5.71. The summed E-state index contributed by atoms with van der Waals surface area (Å²) in [4.78, 5) is 23.7. The third kappa shape index (κ3) is 5.12. The first kappa shape index (κ1) is 21.5. The van der Waals surface area contributed by atoms with Crippen molar-refractivity contribution in [1.82, 2.24) is 19.7 Å². The summed E-state index contributed by atoms with van der Waals surface area (Å²) in [6.45, 7) is 6.08. The Morgan fingerprint density at radius 3 is 2.52 bits per heavy atom. The summed E-state index contributed by atoms with van der Waals surface area (Å²) in [5.41, 5.74) is 3.82. The third-order valence-corrected chi connectivity index (χ3v) is 6.24. The summed E-state index contributed by atoms with van der Waals surface area (Å²) < 4.78 is 2.85. The second-order valence-electron chi connectivity index (χ2n) is 7.90. The van der Waals surface area contributed by atoms with Gasteiger partial charge in [0.2, 0.25) is 5.91 Å². The minimum atomic E-state index is -0.0108. The van der Waals surface area contributed by atoms with Crippen LogP contribution in [0.25, 0.3) is 5.82 Å². The molecule has 1 amide bonds. The molecule has 1 saturated heterocycles. The molecule has 31 heavy (non-hydrogen) atoms. The van der Waals surface area contributed by atoms with Gasteiger partial charge in [0.05, 0.1) is 5.69 Å². The Labute approximate surface area is 191 Å². The number of benzene rings is 1. The van der Waals surface area contributed by atoms with Gasteiger partial charge in [-0.2, -0.15) is 5.10 Å². The Morgan fingerprint density at radius 2 is 1.77 bits per heavy atom. The fraction of sp³-hybridized carbons (Fsp3) is 0.391. The summed E-state index contributed by atoms with van der Waals surface area (Å²) in [6.07, 6.45) is 6.32. The lowest BCUT2D eigenvalue weighted by molar-refractivity contribution is -0.116. The quantitative estimate of drug-likeness (QED) is 0.555. The van der Waals surface area contributed by atoms with Crippen LogP contribution in [0.5, 0.6) is 0 Å². The maximum Gasteiger partial charge on any atom is 0.224 e. The molecule has 0 aliphatic carbocycles. The van der Waals surface area contributed by atoms with Crippen LogP contribution in [-0.2, 0) is 11.2 Å².